The Hall–Kier alpha value is -1.59. The minimum atomic E-state index is -0.211. The van der Waals surface area contributed by atoms with Crippen LogP contribution >= 0.6 is 0 Å². The van der Waals surface area contributed by atoms with Crippen molar-refractivity contribution in [1.82, 2.24) is 0 Å². The number of hydrogen-bond acceptors (Lipinski definition) is 5. The van der Waals surface area contributed by atoms with Gasteiger partial charge in [0.15, 0.2) is 0 Å². The first-order valence-electron chi connectivity index (χ1n) is 10.3. The Kier molecular flexibility index (Phi) is 7.53. The van der Waals surface area contributed by atoms with E-state index in [1.54, 1.807) is 0 Å². The third kappa shape index (κ3) is 6.22. The molecule has 27 heavy (non-hydrogen) atoms. The minimum Gasteiger partial charge on any atom is -0.493 e. The van der Waals surface area contributed by atoms with E-state index in [1.165, 1.54) is 26.4 Å². The SMILES string of the molecule is CCCC[C@H]1O[C@H]1CCOc1cccc([C@@H]2CCC[C@H](CC(=O)OC)O2)c1. The van der Waals surface area contributed by atoms with Crippen LogP contribution in [0.1, 0.15) is 70.0 Å². The third-order valence-corrected chi connectivity index (χ3v) is 5.40. The lowest BCUT2D eigenvalue weighted by Gasteiger charge is -2.30. The summed E-state index contributed by atoms with van der Waals surface area (Å²) in [6.07, 6.45) is 8.60. The Morgan fingerprint density at radius 1 is 1.19 bits per heavy atom. The number of epoxide rings is 1. The van der Waals surface area contributed by atoms with Crippen LogP contribution in [0, 0.1) is 0 Å². The van der Waals surface area contributed by atoms with Gasteiger partial charge in [-0.1, -0.05) is 31.9 Å². The average Bonchev–Trinajstić information content (AvgIpc) is 3.45. The first-order chi connectivity index (χ1) is 13.2. The molecule has 1 aromatic rings. The third-order valence-electron chi connectivity index (χ3n) is 5.40. The zero-order valence-corrected chi connectivity index (χ0v) is 16.5. The molecule has 4 atom stereocenters. The largest absolute Gasteiger partial charge is 0.493 e. The van der Waals surface area contributed by atoms with E-state index in [4.69, 9.17) is 18.9 Å². The van der Waals surface area contributed by atoms with Crippen molar-refractivity contribution in [2.75, 3.05) is 13.7 Å². The molecule has 3 rings (SSSR count). The molecule has 0 N–H and O–H groups in total. The van der Waals surface area contributed by atoms with Crippen LogP contribution in [0.4, 0.5) is 0 Å². The highest BCUT2D eigenvalue weighted by atomic mass is 16.6. The fraction of sp³-hybridized carbons (Fsp3) is 0.682. The second-order valence-corrected chi connectivity index (χ2v) is 7.52. The van der Waals surface area contributed by atoms with Crippen molar-refractivity contribution < 1.29 is 23.7 Å². The number of methoxy groups -OCH3 is 1. The van der Waals surface area contributed by atoms with Crippen LogP contribution in [-0.4, -0.2) is 38.0 Å². The molecule has 5 nitrogen and oxygen atoms in total. The van der Waals surface area contributed by atoms with E-state index in [0.717, 1.165) is 37.0 Å². The summed E-state index contributed by atoms with van der Waals surface area (Å²) in [5.41, 5.74) is 1.12. The lowest BCUT2D eigenvalue weighted by molar-refractivity contribution is -0.147. The Morgan fingerprint density at radius 2 is 2.04 bits per heavy atom. The summed E-state index contributed by atoms with van der Waals surface area (Å²) < 4.78 is 22.5. The van der Waals surface area contributed by atoms with E-state index in [0.29, 0.717) is 25.2 Å². The summed E-state index contributed by atoms with van der Waals surface area (Å²) in [5, 5.41) is 0. The number of unbranched alkanes of at least 4 members (excludes halogenated alkanes) is 1. The van der Waals surface area contributed by atoms with Crippen LogP contribution in [0.3, 0.4) is 0 Å². The number of rotatable bonds is 10. The molecule has 0 saturated carbocycles. The number of carbonyl (C=O) groups excluding carboxylic acids is 1. The molecule has 0 aliphatic carbocycles. The van der Waals surface area contributed by atoms with Crippen molar-refractivity contribution in [3.63, 3.8) is 0 Å². The maximum Gasteiger partial charge on any atom is 0.308 e. The van der Waals surface area contributed by atoms with Crippen molar-refractivity contribution >= 4 is 5.97 Å². The minimum absolute atomic E-state index is 0.0159. The normalized spacial score (nSPS) is 27.2. The van der Waals surface area contributed by atoms with Gasteiger partial charge in [0.2, 0.25) is 0 Å². The second kappa shape index (κ2) is 10.1. The van der Waals surface area contributed by atoms with Gasteiger partial charge in [-0.3, -0.25) is 4.79 Å². The highest BCUT2D eigenvalue weighted by Gasteiger charge is 2.37. The van der Waals surface area contributed by atoms with Crippen molar-refractivity contribution in [1.29, 1.82) is 0 Å². The highest BCUT2D eigenvalue weighted by molar-refractivity contribution is 5.69. The topological polar surface area (TPSA) is 57.3 Å². The molecule has 2 heterocycles. The van der Waals surface area contributed by atoms with E-state index in [-0.39, 0.29) is 18.2 Å². The molecule has 2 fully saturated rings. The predicted molar refractivity (Wildman–Crippen MR) is 103 cm³/mol. The molecular formula is C22H32O5. The summed E-state index contributed by atoms with van der Waals surface area (Å²) in [6, 6.07) is 8.13. The van der Waals surface area contributed by atoms with Crippen LogP contribution in [0.15, 0.2) is 24.3 Å². The maximum absolute atomic E-state index is 11.5. The summed E-state index contributed by atoms with van der Waals surface area (Å²) >= 11 is 0. The highest BCUT2D eigenvalue weighted by Crippen LogP contribution is 2.34. The van der Waals surface area contributed by atoms with Gasteiger partial charge in [0, 0.05) is 6.42 Å². The van der Waals surface area contributed by atoms with Gasteiger partial charge in [-0.25, -0.2) is 0 Å². The number of esters is 1. The van der Waals surface area contributed by atoms with E-state index in [9.17, 15) is 4.79 Å². The molecule has 0 radical (unpaired) electrons. The molecule has 0 unspecified atom stereocenters. The summed E-state index contributed by atoms with van der Waals surface area (Å²) in [7, 11) is 1.42. The smallest absolute Gasteiger partial charge is 0.308 e. The van der Waals surface area contributed by atoms with Crippen molar-refractivity contribution in [2.24, 2.45) is 0 Å². The quantitative estimate of drug-likeness (QED) is 0.442. The first-order valence-corrected chi connectivity index (χ1v) is 10.3. The van der Waals surface area contributed by atoms with Gasteiger partial charge in [-0.05, 0) is 43.4 Å². The van der Waals surface area contributed by atoms with Gasteiger partial charge < -0.3 is 18.9 Å². The molecule has 150 valence electrons. The van der Waals surface area contributed by atoms with Crippen LogP contribution < -0.4 is 4.74 Å². The number of carbonyl (C=O) groups is 1. The van der Waals surface area contributed by atoms with E-state index < -0.39 is 0 Å². The van der Waals surface area contributed by atoms with Crippen LogP contribution in [0.5, 0.6) is 5.75 Å². The number of benzene rings is 1. The molecule has 0 bridgehead atoms. The lowest BCUT2D eigenvalue weighted by Crippen LogP contribution is -2.25. The van der Waals surface area contributed by atoms with Gasteiger partial charge in [0.05, 0.1) is 44.6 Å². The van der Waals surface area contributed by atoms with Gasteiger partial charge in [-0.15, -0.1) is 0 Å². The monoisotopic (exact) mass is 376 g/mol. The molecule has 0 amide bonds. The molecule has 1 aromatic carbocycles. The molecule has 5 heteroatoms. The lowest BCUT2D eigenvalue weighted by atomic mass is 9.97. The van der Waals surface area contributed by atoms with Crippen molar-refractivity contribution in [3.05, 3.63) is 29.8 Å². The van der Waals surface area contributed by atoms with Gasteiger partial charge in [-0.2, -0.15) is 0 Å². The van der Waals surface area contributed by atoms with Gasteiger partial charge >= 0.3 is 5.97 Å². The zero-order valence-electron chi connectivity index (χ0n) is 16.5. The molecule has 2 saturated heterocycles. The van der Waals surface area contributed by atoms with Crippen molar-refractivity contribution in [3.8, 4) is 5.75 Å². The molecule has 0 aromatic heterocycles. The predicted octanol–water partition coefficient (Wildman–Crippen LogP) is 4.59. The molecule has 2 aliphatic rings. The zero-order chi connectivity index (χ0) is 19.1. The molecular weight excluding hydrogens is 344 g/mol. The number of hydrogen-bond donors (Lipinski definition) is 0. The van der Waals surface area contributed by atoms with Crippen LogP contribution in [-0.2, 0) is 19.0 Å². The summed E-state index contributed by atoms with van der Waals surface area (Å²) in [5.74, 6) is 0.661. The Labute approximate surface area is 162 Å². The van der Waals surface area contributed by atoms with E-state index >= 15 is 0 Å². The van der Waals surface area contributed by atoms with Crippen molar-refractivity contribution in [2.45, 2.75) is 82.7 Å². The first kappa shape index (κ1) is 20.2. The maximum atomic E-state index is 11.5. The Bertz CT molecular complexity index is 602. The van der Waals surface area contributed by atoms with Crippen LogP contribution in [0.2, 0.25) is 0 Å². The Morgan fingerprint density at radius 3 is 2.85 bits per heavy atom. The second-order valence-electron chi connectivity index (χ2n) is 7.52. The van der Waals surface area contributed by atoms with Gasteiger partial charge in [0.1, 0.15) is 5.75 Å². The molecule has 2 aliphatic heterocycles. The van der Waals surface area contributed by atoms with E-state index in [2.05, 4.69) is 19.1 Å². The van der Waals surface area contributed by atoms with Gasteiger partial charge in [0.25, 0.3) is 0 Å². The van der Waals surface area contributed by atoms with Crippen LogP contribution in [0.25, 0.3) is 0 Å². The fourth-order valence-corrected chi connectivity index (χ4v) is 3.75. The van der Waals surface area contributed by atoms with E-state index in [1.807, 2.05) is 12.1 Å². The summed E-state index contributed by atoms with van der Waals surface area (Å²) in [4.78, 5) is 11.5. The average molecular weight is 376 g/mol. The fourth-order valence-electron chi connectivity index (χ4n) is 3.75. The summed E-state index contributed by atoms with van der Waals surface area (Å²) in [6.45, 7) is 2.88. The number of ether oxygens (including phenoxy) is 4. The Balaban J connectivity index is 1.45. The molecule has 0 spiro atoms. The standard InChI is InChI=1S/C22H32O5/c1-3-4-10-20-21(27-20)12-13-25-17-8-5-7-16(14-17)19-11-6-9-18(26-19)15-22(23)24-2/h5,7-8,14,18-21H,3-4,6,9-13,15H2,1-2H3/t18-,19+,20-,21+/m1/s1.